The van der Waals surface area contributed by atoms with E-state index in [2.05, 4.69) is 5.32 Å². The Kier molecular flexibility index (Phi) is 5.97. The molecule has 1 fully saturated rings. The predicted octanol–water partition coefficient (Wildman–Crippen LogP) is 1.90. The van der Waals surface area contributed by atoms with Gasteiger partial charge >= 0.3 is 0 Å². The van der Waals surface area contributed by atoms with Crippen LogP contribution in [0.2, 0.25) is 0 Å². The van der Waals surface area contributed by atoms with Gasteiger partial charge in [-0.1, -0.05) is 43.7 Å². The van der Waals surface area contributed by atoms with Gasteiger partial charge in [0.2, 0.25) is 15.9 Å². The number of hydrogen-bond donors (Lipinski definition) is 1. The van der Waals surface area contributed by atoms with E-state index in [1.165, 1.54) is 4.31 Å². The van der Waals surface area contributed by atoms with Crippen molar-refractivity contribution in [2.24, 2.45) is 0 Å². The molecular formula is C16H24N2O3S. The summed E-state index contributed by atoms with van der Waals surface area (Å²) in [6.45, 7) is 2.85. The predicted molar refractivity (Wildman–Crippen MR) is 86.7 cm³/mol. The summed E-state index contributed by atoms with van der Waals surface area (Å²) in [6.07, 6.45) is 2.82. The molecule has 1 aromatic rings. The third-order valence-corrected chi connectivity index (χ3v) is 5.89. The maximum Gasteiger partial charge on any atom is 0.238 e. The molecule has 2 rings (SSSR count). The van der Waals surface area contributed by atoms with E-state index >= 15 is 0 Å². The maximum atomic E-state index is 12.3. The lowest BCUT2D eigenvalue weighted by Gasteiger charge is -2.23. The molecule has 122 valence electrons. The number of unbranched alkanes of at least 4 members (excludes halogenated alkanes) is 1. The third-order valence-electron chi connectivity index (χ3n) is 3.93. The van der Waals surface area contributed by atoms with Gasteiger partial charge in [0.05, 0.1) is 5.75 Å². The first-order valence-electron chi connectivity index (χ1n) is 7.85. The lowest BCUT2D eigenvalue weighted by molar-refractivity contribution is -0.124. The molecule has 5 nitrogen and oxygen atoms in total. The van der Waals surface area contributed by atoms with E-state index in [0.717, 1.165) is 18.4 Å². The Bertz CT molecular complexity index is 587. The van der Waals surface area contributed by atoms with E-state index in [4.69, 9.17) is 0 Å². The normalized spacial score (nSPS) is 19.2. The van der Waals surface area contributed by atoms with Gasteiger partial charge < -0.3 is 5.32 Å². The Morgan fingerprint density at radius 3 is 2.73 bits per heavy atom. The zero-order chi connectivity index (χ0) is 16.0. The van der Waals surface area contributed by atoms with Gasteiger partial charge in [-0.3, -0.25) is 4.79 Å². The topological polar surface area (TPSA) is 66.5 Å². The minimum Gasteiger partial charge on any atom is -0.351 e. The molecule has 0 radical (unpaired) electrons. The highest BCUT2D eigenvalue weighted by atomic mass is 32.2. The van der Waals surface area contributed by atoms with Crippen LogP contribution in [0, 0.1) is 0 Å². The van der Waals surface area contributed by atoms with Gasteiger partial charge in [-0.15, -0.1) is 0 Å². The molecule has 0 spiro atoms. The Hall–Kier alpha value is -1.40. The van der Waals surface area contributed by atoms with Crippen LogP contribution in [0.3, 0.4) is 0 Å². The molecule has 1 amide bonds. The molecule has 0 bridgehead atoms. The van der Waals surface area contributed by atoms with Crippen LogP contribution in [0.1, 0.15) is 38.2 Å². The van der Waals surface area contributed by atoms with Crippen molar-refractivity contribution in [1.82, 2.24) is 9.62 Å². The van der Waals surface area contributed by atoms with Gasteiger partial charge in [0.25, 0.3) is 0 Å². The van der Waals surface area contributed by atoms with E-state index in [1.807, 2.05) is 37.3 Å². The molecule has 0 aromatic heterocycles. The minimum atomic E-state index is -3.33. The highest BCUT2D eigenvalue weighted by molar-refractivity contribution is 7.89. The number of amides is 1. The second kappa shape index (κ2) is 7.74. The molecule has 0 unspecified atom stereocenters. The van der Waals surface area contributed by atoms with E-state index in [1.54, 1.807) is 0 Å². The number of rotatable bonds is 7. The molecule has 0 saturated carbocycles. The standard InChI is InChI=1S/C16H24N2O3S/c1-2-3-12-22(20,21)18-11-7-10-15(18)16(19)17-13-14-8-5-4-6-9-14/h4-6,8-9,15H,2-3,7,10-13H2,1H3,(H,17,19)/t15-/m0/s1. The fourth-order valence-corrected chi connectivity index (χ4v) is 4.57. The molecule has 0 aliphatic carbocycles. The van der Waals surface area contributed by atoms with Crippen LogP contribution in [0.15, 0.2) is 30.3 Å². The van der Waals surface area contributed by atoms with Crippen LogP contribution in [-0.2, 0) is 21.4 Å². The number of carbonyl (C=O) groups excluding carboxylic acids is 1. The van der Waals surface area contributed by atoms with Gasteiger partial charge in [-0.05, 0) is 24.8 Å². The number of nitrogens with zero attached hydrogens (tertiary/aromatic N) is 1. The first-order chi connectivity index (χ1) is 10.5. The molecule has 1 atom stereocenters. The number of hydrogen-bond acceptors (Lipinski definition) is 3. The highest BCUT2D eigenvalue weighted by Crippen LogP contribution is 2.22. The zero-order valence-corrected chi connectivity index (χ0v) is 13.8. The number of sulfonamides is 1. The summed E-state index contributed by atoms with van der Waals surface area (Å²) in [4.78, 5) is 12.3. The van der Waals surface area contributed by atoms with Crippen molar-refractivity contribution in [3.63, 3.8) is 0 Å². The van der Waals surface area contributed by atoms with Crippen molar-refractivity contribution in [3.8, 4) is 0 Å². The number of carbonyl (C=O) groups is 1. The summed E-state index contributed by atoms with van der Waals surface area (Å²) >= 11 is 0. The smallest absolute Gasteiger partial charge is 0.238 e. The molecule has 1 N–H and O–H groups in total. The molecule has 22 heavy (non-hydrogen) atoms. The molecule has 1 aliphatic rings. The molecular weight excluding hydrogens is 300 g/mol. The minimum absolute atomic E-state index is 0.131. The Morgan fingerprint density at radius 2 is 2.05 bits per heavy atom. The number of benzene rings is 1. The Morgan fingerprint density at radius 1 is 1.32 bits per heavy atom. The maximum absolute atomic E-state index is 12.3. The summed E-state index contributed by atoms with van der Waals surface area (Å²) < 4.78 is 26.0. The van der Waals surface area contributed by atoms with Crippen LogP contribution in [-0.4, -0.2) is 37.0 Å². The van der Waals surface area contributed by atoms with Gasteiger partial charge in [-0.25, -0.2) is 8.42 Å². The number of nitrogens with one attached hydrogen (secondary N) is 1. The van der Waals surface area contributed by atoms with Gasteiger partial charge in [0.1, 0.15) is 6.04 Å². The third kappa shape index (κ3) is 4.30. The largest absolute Gasteiger partial charge is 0.351 e. The van der Waals surface area contributed by atoms with E-state index in [-0.39, 0.29) is 11.7 Å². The second-order valence-electron chi connectivity index (χ2n) is 5.64. The summed E-state index contributed by atoms with van der Waals surface area (Å²) in [5.41, 5.74) is 1.01. The first-order valence-corrected chi connectivity index (χ1v) is 9.46. The van der Waals surface area contributed by atoms with Crippen molar-refractivity contribution in [3.05, 3.63) is 35.9 Å². The first kappa shape index (κ1) is 17.0. The van der Waals surface area contributed by atoms with Crippen molar-refractivity contribution in [2.45, 2.75) is 45.2 Å². The van der Waals surface area contributed by atoms with Gasteiger partial charge in [0.15, 0.2) is 0 Å². The average molecular weight is 324 g/mol. The Labute approximate surface area is 132 Å². The van der Waals surface area contributed by atoms with Crippen LogP contribution in [0.25, 0.3) is 0 Å². The highest BCUT2D eigenvalue weighted by Gasteiger charge is 2.37. The molecule has 1 heterocycles. The lowest BCUT2D eigenvalue weighted by atomic mass is 10.2. The van der Waals surface area contributed by atoms with Crippen LogP contribution in [0.4, 0.5) is 0 Å². The van der Waals surface area contributed by atoms with Crippen LogP contribution in [0.5, 0.6) is 0 Å². The fourth-order valence-electron chi connectivity index (χ4n) is 2.68. The van der Waals surface area contributed by atoms with E-state index in [0.29, 0.717) is 25.9 Å². The molecule has 1 saturated heterocycles. The van der Waals surface area contributed by atoms with Crippen molar-refractivity contribution in [2.75, 3.05) is 12.3 Å². The van der Waals surface area contributed by atoms with Gasteiger partial charge in [-0.2, -0.15) is 4.31 Å². The summed E-state index contributed by atoms with van der Waals surface area (Å²) in [6, 6.07) is 9.07. The fraction of sp³-hybridized carbons (Fsp3) is 0.562. The summed E-state index contributed by atoms with van der Waals surface area (Å²) in [5, 5.41) is 2.85. The van der Waals surface area contributed by atoms with E-state index in [9.17, 15) is 13.2 Å². The Balaban J connectivity index is 1.96. The van der Waals surface area contributed by atoms with E-state index < -0.39 is 16.1 Å². The van der Waals surface area contributed by atoms with Crippen molar-refractivity contribution in [1.29, 1.82) is 0 Å². The monoisotopic (exact) mass is 324 g/mol. The average Bonchev–Trinajstić information content (AvgIpc) is 3.02. The molecule has 6 heteroatoms. The summed E-state index contributed by atoms with van der Waals surface area (Å²) in [7, 11) is -3.33. The zero-order valence-electron chi connectivity index (χ0n) is 13.0. The van der Waals surface area contributed by atoms with Crippen LogP contribution < -0.4 is 5.32 Å². The van der Waals surface area contributed by atoms with Gasteiger partial charge in [0, 0.05) is 13.1 Å². The van der Waals surface area contributed by atoms with Crippen molar-refractivity contribution < 1.29 is 13.2 Å². The van der Waals surface area contributed by atoms with Crippen LogP contribution >= 0.6 is 0 Å². The second-order valence-corrected chi connectivity index (χ2v) is 7.68. The SMILES string of the molecule is CCCCS(=O)(=O)N1CCC[C@H]1C(=O)NCc1ccccc1. The lowest BCUT2D eigenvalue weighted by Crippen LogP contribution is -2.46. The quantitative estimate of drug-likeness (QED) is 0.833. The van der Waals surface area contributed by atoms with Crippen molar-refractivity contribution >= 4 is 15.9 Å². The molecule has 1 aliphatic heterocycles. The molecule has 1 aromatic carbocycles. The summed E-state index contributed by atoms with van der Waals surface area (Å²) in [5.74, 6) is -0.0622.